The number of carbonyl (C=O) groups excluding carboxylic acids is 1. The van der Waals surface area contributed by atoms with E-state index in [2.05, 4.69) is 15.4 Å². The van der Waals surface area contributed by atoms with Crippen LogP contribution in [-0.2, 0) is 7.05 Å². The molecule has 2 aromatic heterocycles. The molecule has 0 bridgehead atoms. The molecule has 28 heavy (non-hydrogen) atoms. The van der Waals surface area contributed by atoms with Crippen molar-refractivity contribution in [3.63, 3.8) is 0 Å². The van der Waals surface area contributed by atoms with Crippen LogP contribution in [0.5, 0.6) is 0 Å². The average Bonchev–Trinajstić information content (AvgIpc) is 3.06. The zero-order valence-electron chi connectivity index (χ0n) is 15.8. The van der Waals surface area contributed by atoms with Crippen LogP contribution in [0.25, 0.3) is 22.0 Å². The van der Waals surface area contributed by atoms with Gasteiger partial charge in [-0.3, -0.25) is 14.5 Å². The molecule has 4 aromatic rings. The molecule has 0 aliphatic carbocycles. The van der Waals surface area contributed by atoms with Crippen molar-refractivity contribution in [1.29, 1.82) is 0 Å². The van der Waals surface area contributed by atoms with Crippen LogP contribution in [-0.4, -0.2) is 20.7 Å². The molecule has 6 heteroatoms. The summed E-state index contributed by atoms with van der Waals surface area (Å²) in [7, 11) is 1.87. The summed E-state index contributed by atoms with van der Waals surface area (Å²) in [6.07, 6.45) is 5.37. The fourth-order valence-corrected chi connectivity index (χ4v) is 3.28. The van der Waals surface area contributed by atoms with Gasteiger partial charge in [0.15, 0.2) is 0 Å². The summed E-state index contributed by atoms with van der Waals surface area (Å²) >= 11 is 0. The first-order valence-corrected chi connectivity index (χ1v) is 8.88. The summed E-state index contributed by atoms with van der Waals surface area (Å²) in [6, 6.07) is 10.1. The highest BCUT2D eigenvalue weighted by molar-refractivity contribution is 6.05. The number of anilines is 1. The van der Waals surface area contributed by atoms with Gasteiger partial charge < -0.3 is 5.32 Å². The zero-order valence-corrected chi connectivity index (χ0v) is 15.8. The SMILES string of the molecule is Cc1ccc(F)c(C(=O)Nc2ccc(C)c(-c3cncc4c3cnn4C)c2)c1. The van der Waals surface area contributed by atoms with E-state index in [0.29, 0.717) is 5.69 Å². The van der Waals surface area contributed by atoms with Gasteiger partial charge in [-0.2, -0.15) is 5.10 Å². The van der Waals surface area contributed by atoms with Gasteiger partial charge in [-0.15, -0.1) is 0 Å². The molecule has 0 aliphatic heterocycles. The largest absolute Gasteiger partial charge is 0.322 e. The highest BCUT2D eigenvalue weighted by Gasteiger charge is 2.14. The number of hydrogen-bond acceptors (Lipinski definition) is 3. The van der Waals surface area contributed by atoms with E-state index in [-0.39, 0.29) is 5.56 Å². The van der Waals surface area contributed by atoms with Crippen molar-refractivity contribution in [3.05, 3.63) is 77.5 Å². The molecule has 140 valence electrons. The lowest BCUT2D eigenvalue weighted by Crippen LogP contribution is -2.14. The number of aryl methyl sites for hydroxylation is 3. The molecule has 0 fully saturated rings. The average molecular weight is 374 g/mol. The fraction of sp³-hybridized carbons (Fsp3) is 0.136. The van der Waals surface area contributed by atoms with E-state index >= 15 is 0 Å². The number of nitrogens with zero attached hydrogens (tertiary/aromatic N) is 3. The van der Waals surface area contributed by atoms with Gasteiger partial charge >= 0.3 is 0 Å². The standard InChI is InChI=1S/C22H19FN4O/c1-13-4-7-20(23)17(8-13)22(28)26-15-6-5-14(2)16(9-15)18-10-24-12-21-19(18)11-25-27(21)3/h4-12H,1-3H3,(H,26,28). The van der Waals surface area contributed by atoms with Crippen molar-refractivity contribution in [2.75, 3.05) is 5.32 Å². The van der Waals surface area contributed by atoms with E-state index in [1.165, 1.54) is 6.07 Å². The maximum absolute atomic E-state index is 14.0. The molecule has 0 spiro atoms. The van der Waals surface area contributed by atoms with Crippen LogP contribution < -0.4 is 5.32 Å². The maximum Gasteiger partial charge on any atom is 0.258 e. The van der Waals surface area contributed by atoms with Crippen molar-refractivity contribution in [2.45, 2.75) is 13.8 Å². The van der Waals surface area contributed by atoms with E-state index in [9.17, 15) is 9.18 Å². The molecule has 0 unspecified atom stereocenters. The molecule has 0 saturated heterocycles. The van der Waals surface area contributed by atoms with Crippen LogP contribution in [0.1, 0.15) is 21.5 Å². The Balaban J connectivity index is 1.73. The summed E-state index contributed by atoms with van der Waals surface area (Å²) in [6.45, 7) is 3.82. The Hall–Kier alpha value is -3.54. The van der Waals surface area contributed by atoms with E-state index in [1.54, 1.807) is 41.5 Å². The quantitative estimate of drug-likeness (QED) is 0.568. The molecular weight excluding hydrogens is 355 g/mol. The van der Waals surface area contributed by atoms with Gasteiger partial charge in [-0.05, 0) is 49.2 Å². The number of benzene rings is 2. The predicted molar refractivity (Wildman–Crippen MR) is 108 cm³/mol. The lowest BCUT2D eigenvalue weighted by molar-refractivity contribution is 0.102. The van der Waals surface area contributed by atoms with Crippen molar-refractivity contribution < 1.29 is 9.18 Å². The van der Waals surface area contributed by atoms with E-state index < -0.39 is 11.7 Å². The van der Waals surface area contributed by atoms with Crippen LogP contribution in [0.15, 0.2) is 55.0 Å². The Kier molecular flexibility index (Phi) is 4.39. The number of rotatable bonds is 3. The maximum atomic E-state index is 14.0. The van der Waals surface area contributed by atoms with Gasteiger partial charge in [0.1, 0.15) is 5.82 Å². The number of pyridine rings is 1. The first kappa shape index (κ1) is 17.9. The first-order chi connectivity index (χ1) is 13.4. The molecule has 4 rings (SSSR count). The van der Waals surface area contributed by atoms with Gasteiger partial charge in [0.05, 0.1) is 23.5 Å². The van der Waals surface area contributed by atoms with E-state index in [4.69, 9.17) is 0 Å². The van der Waals surface area contributed by atoms with Gasteiger partial charge in [-0.25, -0.2) is 4.39 Å². The number of hydrogen-bond donors (Lipinski definition) is 1. The van der Waals surface area contributed by atoms with Gasteiger partial charge in [0, 0.05) is 29.9 Å². The van der Waals surface area contributed by atoms with Crippen molar-refractivity contribution in [2.24, 2.45) is 7.05 Å². The number of amides is 1. The van der Waals surface area contributed by atoms with Crippen molar-refractivity contribution >= 4 is 22.5 Å². The Morgan fingerprint density at radius 2 is 1.86 bits per heavy atom. The van der Waals surface area contributed by atoms with Crippen LogP contribution in [0.4, 0.5) is 10.1 Å². The van der Waals surface area contributed by atoms with Crippen LogP contribution in [0.3, 0.4) is 0 Å². The zero-order chi connectivity index (χ0) is 19.8. The van der Waals surface area contributed by atoms with Crippen LogP contribution in [0, 0.1) is 19.7 Å². The lowest BCUT2D eigenvalue weighted by Gasteiger charge is -2.12. The number of fused-ring (bicyclic) bond motifs is 1. The Labute approximate surface area is 161 Å². The van der Waals surface area contributed by atoms with Crippen molar-refractivity contribution in [3.8, 4) is 11.1 Å². The molecule has 5 nitrogen and oxygen atoms in total. The molecule has 0 saturated carbocycles. The predicted octanol–water partition coefficient (Wildman–Crippen LogP) is 4.64. The summed E-state index contributed by atoms with van der Waals surface area (Å²) in [4.78, 5) is 16.9. The van der Waals surface area contributed by atoms with Crippen LogP contribution in [0.2, 0.25) is 0 Å². The monoisotopic (exact) mass is 374 g/mol. The molecule has 0 atom stereocenters. The van der Waals surface area contributed by atoms with E-state index in [1.807, 2.05) is 33.0 Å². The summed E-state index contributed by atoms with van der Waals surface area (Å²) in [5, 5.41) is 8.08. The Bertz CT molecular complexity index is 1210. The van der Waals surface area contributed by atoms with Gasteiger partial charge in [0.2, 0.25) is 0 Å². The normalized spacial score (nSPS) is 11.0. The number of halogens is 1. The van der Waals surface area contributed by atoms with Crippen LogP contribution >= 0.6 is 0 Å². The second-order valence-corrected chi connectivity index (χ2v) is 6.86. The lowest BCUT2D eigenvalue weighted by atomic mass is 9.99. The third-order valence-corrected chi connectivity index (χ3v) is 4.83. The summed E-state index contributed by atoms with van der Waals surface area (Å²) in [5.41, 5.74) is 5.27. The molecule has 2 heterocycles. The minimum Gasteiger partial charge on any atom is -0.322 e. The molecule has 1 amide bonds. The minimum absolute atomic E-state index is 0.0261. The Morgan fingerprint density at radius 1 is 1.04 bits per heavy atom. The highest BCUT2D eigenvalue weighted by Crippen LogP contribution is 2.32. The highest BCUT2D eigenvalue weighted by atomic mass is 19.1. The number of aromatic nitrogens is 3. The molecule has 0 radical (unpaired) electrons. The third-order valence-electron chi connectivity index (χ3n) is 4.83. The van der Waals surface area contributed by atoms with E-state index in [0.717, 1.165) is 33.2 Å². The van der Waals surface area contributed by atoms with Gasteiger partial charge in [0.25, 0.3) is 5.91 Å². The topological polar surface area (TPSA) is 59.8 Å². The summed E-state index contributed by atoms with van der Waals surface area (Å²) < 4.78 is 15.8. The molecule has 2 aromatic carbocycles. The number of carbonyl (C=O) groups is 1. The first-order valence-electron chi connectivity index (χ1n) is 8.88. The smallest absolute Gasteiger partial charge is 0.258 e. The second kappa shape index (κ2) is 6.88. The molecule has 1 N–H and O–H groups in total. The molecule has 0 aliphatic rings. The minimum atomic E-state index is -0.542. The Morgan fingerprint density at radius 3 is 2.68 bits per heavy atom. The third kappa shape index (κ3) is 3.13. The van der Waals surface area contributed by atoms with Crippen molar-refractivity contribution in [1.82, 2.24) is 14.8 Å². The van der Waals surface area contributed by atoms with Gasteiger partial charge in [-0.1, -0.05) is 17.7 Å². The fourth-order valence-electron chi connectivity index (χ4n) is 3.28. The second-order valence-electron chi connectivity index (χ2n) is 6.86. The number of nitrogens with one attached hydrogen (secondary N) is 1. The summed E-state index contributed by atoms with van der Waals surface area (Å²) in [5.74, 6) is -1.02. The molecular formula is C22H19FN4O.